The Morgan fingerprint density at radius 3 is 2.57 bits per heavy atom. The van der Waals surface area contributed by atoms with Crippen LogP contribution in [0.4, 0.5) is 5.95 Å². The number of rotatable bonds is 3. The van der Waals surface area contributed by atoms with Crippen molar-refractivity contribution in [2.45, 2.75) is 26.3 Å². The molecule has 1 aliphatic rings. The maximum Gasteiger partial charge on any atom is 0.243 e. The van der Waals surface area contributed by atoms with E-state index in [9.17, 15) is 9.59 Å². The molecule has 1 saturated heterocycles. The fourth-order valence-corrected chi connectivity index (χ4v) is 2.38. The van der Waals surface area contributed by atoms with Crippen molar-refractivity contribution in [2.75, 3.05) is 31.5 Å². The molecule has 1 atom stereocenters. The van der Waals surface area contributed by atoms with Crippen molar-refractivity contribution < 1.29 is 9.59 Å². The van der Waals surface area contributed by atoms with Crippen molar-refractivity contribution in [1.82, 2.24) is 19.8 Å². The van der Waals surface area contributed by atoms with Crippen LogP contribution in [0.2, 0.25) is 0 Å². The van der Waals surface area contributed by atoms with E-state index in [-0.39, 0.29) is 17.9 Å². The maximum absolute atomic E-state index is 12.2. The van der Waals surface area contributed by atoms with Gasteiger partial charge in [0.25, 0.3) is 0 Å². The first-order chi connectivity index (χ1) is 10.1. The molecule has 0 spiro atoms. The standard InChI is InChI=1S/C14H21N5O2/c1-11(13(21)17-14-15-5-3-6-16-14)18-7-4-8-19(10-9-18)12(2)20/h3,5-6,11H,4,7-10H2,1-2H3,(H,15,16,17,21). The van der Waals surface area contributed by atoms with Crippen LogP contribution in [0.3, 0.4) is 0 Å². The van der Waals surface area contributed by atoms with E-state index in [4.69, 9.17) is 0 Å². The van der Waals surface area contributed by atoms with E-state index in [0.717, 1.165) is 19.5 Å². The van der Waals surface area contributed by atoms with Crippen LogP contribution >= 0.6 is 0 Å². The van der Waals surface area contributed by atoms with Crippen molar-refractivity contribution >= 4 is 17.8 Å². The average molecular weight is 291 g/mol. The average Bonchev–Trinajstić information content (AvgIpc) is 2.73. The number of carbonyl (C=O) groups excluding carboxylic acids is 2. The van der Waals surface area contributed by atoms with Crippen LogP contribution in [-0.2, 0) is 9.59 Å². The molecule has 1 aromatic rings. The second-order valence-electron chi connectivity index (χ2n) is 5.13. The zero-order valence-corrected chi connectivity index (χ0v) is 12.5. The molecule has 1 unspecified atom stereocenters. The van der Waals surface area contributed by atoms with Gasteiger partial charge in [-0.1, -0.05) is 0 Å². The van der Waals surface area contributed by atoms with E-state index in [2.05, 4.69) is 20.2 Å². The summed E-state index contributed by atoms with van der Waals surface area (Å²) in [5, 5.41) is 2.71. The Morgan fingerprint density at radius 1 is 1.19 bits per heavy atom. The number of nitrogens with one attached hydrogen (secondary N) is 1. The second kappa shape index (κ2) is 7.12. The Bertz CT molecular complexity index is 493. The van der Waals surface area contributed by atoms with Crippen LogP contribution < -0.4 is 5.32 Å². The normalized spacial score (nSPS) is 17.9. The zero-order valence-electron chi connectivity index (χ0n) is 12.5. The van der Waals surface area contributed by atoms with E-state index in [1.54, 1.807) is 25.4 Å². The first-order valence-corrected chi connectivity index (χ1v) is 7.15. The van der Waals surface area contributed by atoms with Crippen molar-refractivity contribution in [3.05, 3.63) is 18.5 Å². The number of anilines is 1. The fraction of sp³-hybridized carbons (Fsp3) is 0.571. The molecule has 7 heteroatoms. The molecule has 0 saturated carbocycles. The number of nitrogens with zero attached hydrogens (tertiary/aromatic N) is 4. The summed E-state index contributed by atoms with van der Waals surface area (Å²) in [5.74, 6) is 0.277. The highest BCUT2D eigenvalue weighted by Crippen LogP contribution is 2.09. The molecule has 2 amide bonds. The van der Waals surface area contributed by atoms with E-state index >= 15 is 0 Å². The molecule has 0 radical (unpaired) electrons. The largest absolute Gasteiger partial charge is 0.342 e. The number of amides is 2. The monoisotopic (exact) mass is 291 g/mol. The number of hydrogen-bond acceptors (Lipinski definition) is 5. The molecule has 0 aliphatic carbocycles. The highest BCUT2D eigenvalue weighted by molar-refractivity contribution is 5.93. The van der Waals surface area contributed by atoms with Gasteiger partial charge in [0.05, 0.1) is 6.04 Å². The Kier molecular flexibility index (Phi) is 5.21. The van der Waals surface area contributed by atoms with Gasteiger partial charge in [-0.25, -0.2) is 9.97 Å². The second-order valence-corrected chi connectivity index (χ2v) is 5.13. The fourth-order valence-electron chi connectivity index (χ4n) is 2.38. The summed E-state index contributed by atoms with van der Waals surface area (Å²) in [6.45, 7) is 6.36. The Labute approximate surface area is 124 Å². The lowest BCUT2D eigenvalue weighted by Crippen LogP contribution is -2.44. The van der Waals surface area contributed by atoms with Gasteiger partial charge in [-0.2, -0.15) is 0 Å². The molecular formula is C14H21N5O2. The van der Waals surface area contributed by atoms with Crippen LogP contribution in [-0.4, -0.2) is 63.8 Å². The lowest BCUT2D eigenvalue weighted by molar-refractivity contribution is -0.128. The summed E-state index contributed by atoms with van der Waals surface area (Å²) >= 11 is 0. The minimum atomic E-state index is -0.277. The van der Waals surface area contributed by atoms with Crippen molar-refractivity contribution in [3.63, 3.8) is 0 Å². The Hall–Kier alpha value is -2.02. The van der Waals surface area contributed by atoms with Crippen LogP contribution in [0.1, 0.15) is 20.3 Å². The molecule has 0 aromatic carbocycles. The first kappa shape index (κ1) is 15.4. The van der Waals surface area contributed by atoms with E-state index < -0.39 is 0 Å². The van der Waals surface area contributed by atoms with Gasteiger partial charge in [-0.15, -0.1) is 0 Å². The van der Waals surface area contributed by atoms with Gasteiger partial charge in [0.15, 0.2) is 0 Å². The molecule has 114 valence electrons. The van der Waals surface area contributed by atoms with Crippen molar-refractivity contribution in [2.24, 2.45) is 0 Å². The van der Waals surface area contributed by atoms with Crippen LogP contribution in [0, 0.1) is 0 Å². The molecule has 2 rings (SSSR count). The topological polar surface area (TPSA) is 78.4 Å². The molecule has 7 nitrogen and oxygen atoms in total. The number of carbonyl (C=O) groups is 2. The lowest BCUT2D eigenvalue weighted by atomic mass is 10.2. The smallest absolute Gasteiger partial charge is 0.243 e. The van der Waals surface area contributed by atoms with E-state index in [1.807, 2.05) is 11.8 Å². The molecule has 1 N–H and O–H groups in total. The predicted molar refractivity (Wildman–Crippen MR) is 78.6 cm³/mol. The summed E-state index contributed by atoms with van der Waals surface area (Å²) in [6.07, 6.45) is 4.05. The highest BCUT2D eigenvalue weighted by atomic mass is 16.2. The summed E-state index contributed by atoms with van der Waals surface area (Å²) in [7, 11) is 0. The minimum Gasteiger partial charge on any atom is -0.342 e. The summed E-state index contributed by atoms with van der Waals surface area (Å²) in [5.41, 5.74) is 0. The van der Waals surface area contributed by atoms with Gasteiger partial charge >= 0.3 is 0 Å². The molecule has 1 fully saturated rings. The molecule has 21 heavy (non-hydrogen) atoms. The molecule has 0 bridgehead atoms. The van der Waals surface area contributed by atoms with Crippen LogP contribution in [0.25, 0.3) is 0 Å². The first-order valence-electron chi connectivity index (χ1n) is 7.15. The minimum absolute atomic E-state index is 0.0895. The molecule has 1 aromatic heterocycles. The highest BCUT2D eigenvalue weighted by Gasteiger charge is 2.25. The molecular weight excluding hydrogens is 270 g/mol. The third-order valence-electron chi connectivity index (χ3n) is 3.70. The van der Waals surface area contributed by atoms with Crippen LogP contribution in [0.5, 0.6) is 0 Å². The quantitative estimate of drug-likeness (QED) is 0.870. The lowest BCUT2D eigenvalue weighted by Gasteiger charge is -2.26. The Balaban J connectivity index is 1.91. The summed E-state index contributed by atoms with van der Waals surface area (Å²) < 4.78 is 0. The van der Waals surface area contributed by atoms with Crippen molar-refractivity contribution in [3.8, 4) is 0 Å². The third-order valence-corrected chi connectivity index (χ3v) is 3.70. The van der Waals surface area contributed by atoms with Gasteiger partial charge in [0.2, 0.25) is 17.8 Å². The van der Waals surface area contributed by atoms with Crippen LogP contribution in [0.15, 0.2) is 18.5 Å². The van der Waals surface area contributed by atoms with Gasteiger partial charge in [-0.05, 0) is 19.4 Å². The predicted octanol–water partition coefficient (Wildman–Crippen LogP) is 0.358. The van der Waals surface area contributed by atoms with Gasteiger partial charge in [-0.3, -0.25) is 19.8 Å². The van der Waals surface area contributed by atoms with Gasteiger partial charge in [0, 0.05) is 45.5 Å². The van der Waals surface area contributed by atoms with Crippen molar-refractivity contribution in [1.29, 1.82) is 0 Å². The van der Waals surface area contributed by atoms with E-state index in [0.29, 0.717) is 19.0 Å². The van der Waals surface area contributed by atoms with Gasteiger partial charge < -0.3 is 4.90 Å². The Morgan fingerprint density at radius 2 is 1.90 bits per heavy atom. The molecule has 1 aliphatic heterocycles. The number of aromatic nitrogens is 2. The van der Waals surface area contributed by atoms with E-state index in [1.165, 1.54) is 0 Å². The number of hydrogen-bond donors (Lipinski definition) is 1. The molecule has 2 heterocycles. The maximum atomic E-state index is 12.2. The summed E-state index contributed by atoms with van der Waals surface area (Å²) in [6, 6.07) is 1.42. The SMILES string of the molecule is CC(=O)N1CCCN(C(C)C(=O)Nc2ncccn2)CC1. The third kappa shape index (κ3) is 4.22. The summed E-state index contributed by atoms with van der Waals surface area (Å²) in [4.78, 5) is 35.5. The zero-order chi connectivity index (χ0) is 15.2. The van der Waals surface area contributed by atoms with Gasteiger partial charge in [0.1, 0.15) is 0 Å².